The van der Waals surface area contributed by atoms with Crippen molar-refractivity contribution in [2.24, 2.45) is 11.7 Å². The highest BCUT2D eigenvalue weighted by molar-refractivity contribution is 7.12. The van der Waals surface area contributed by atoms with Crippen molar-refractivity contribution >= 4 is 35.6 Å². The molecule has 1 aromatic heterocycles. The van der Waals surface area contributed by atoms with Crippen LogP contribution in [0.15, 0.2) is 17.5 Å². The Morgan fingerprint density at radius 1 is 1.38 bits per heavy atom. The monoisotopic (exact) mass is 331 g/mol. The molecule has 1 saturated heterocycles. The zero-order valence-corrected chi connectivity index (χ0v) is 13.5. The highest BCUT2D eigenvalue weighted by atomic mass is 35.5. The van der Waals surface area contributed by atoms with Crippen LogP contribution in [-0.2, 0) is 4.79 Å². The van der Waals surface area contributed by atoms with E-state index in [2.05, 4.69) is 5.32 Å². The number of hydrogen-bond donors (Lipinski definition) is 2. The number of hydrogen-bond acceptors (Lipinski definition) is 4. The summed E-state index contributed by atoms with van der Waals surface area (Å²) in [4.78, 5) is 26.3. The number of thiophene rings is 1. The molecule has 0 unspecified atom stereocenters. The van der Waals surface area contributed by atoms with Crippen LogP contribution < -0.4 is 11.1 Å². The second kappa shape index (κ2) is 9.02. The van der Waals surface area contributed by atoms with Gasteiger partial charge < -0.3 is 16.0 Å². The van der Waals surface area contributed by atoms with E-state index in [4.69, 9.17) is 5.73 Å². The number of nitrogens with one attached hydrogen (secondary N) is 1. The molecule has 0 bridgehead atoms. The molecule has 2 amide bonds. The normalized spacial score (nSPS) is 15.4. The summed E-state index contributed by atoms with van der Waals surface area (Å²) in [5.74, 6) is 0.569. The molecular formula is C14H22ClN3O2S. The Kier molecular flexibility index (Phi) is 7.71. The van der Waals surface area contributed by atoms with E-state index in [1.54, 1.807) is 6.07 Å². The molecule has 7 heteroatoms. The number of nitrogens with zero attached hydrogens (tertiary/aromatic N) is 1. The molecule has 0 saturated carbocycles. The zero-order valence-electron chi connectivity index (χ0n) is 11.9. The SMILES string of the molecule is Cl.NCC1CCN(C(=O)CCNC(=O)c2cccs2)CC1. The maximum Gasteiger partial charge on any atom is 0.261 e. The van der Waals surface area contributed by atoms with Crippen LogP contribution in [0.25, 0.3) is 0 Å². The summed E-state index contributed by atoms with van der Waals surface area (Å²) in [5, 5.41) is 4.64. The van der Waals surface area contributed by atoms with Gasteiger partial charge in [-0.1, -0.05) is 6.07 Å². The summed E-state index contributed by atoms with van der Waals surface area (Å²) < 4.78 is 0. The molecular weight excluding hydrogens is 310 g/mol. The van der Waals surface area contributed by atoms with E-state index in [-0.39, 0.29) is 24.2 Å². The lowest BCUT2D eigenvalue weighted by molar-refractivity contribution is -0.132. The Bertz CT molecular complexity index is 445. The average molecular weight is 332 g/mol. The van der Waals surface area contributed by atoms with E-state index in [9.17, 15) is 9.59 Å². The number of rotatable bonds is 5. The number of carbonyl (C=O) groups excluding carboxylic acids is 2. The largest absolute Gasteiger partial charge is 0.351 e. The summed E-state index contributed by atoms with van der Waals surface area (Å²) in [6, 6.07) is 3.62. The molecule has 1 aliphatic rings. The third-order valence-electron chi connectivity index (χ3n) is 3.67. The molecule has 1 aromatic rings. The van der Waals surface area contributed by atoms with Crippen molar-refractivity contribution in [2.75, 3.05) is 26.2 Å². The lowest BCUT2D eigenvalue weighted by Crippen LogP contribution is -2.41. The van der Waals surface area contributed by atoms with Crippen molar-refractivity contribution in [1.82, 2.24) is 10.2 Å². The maximum atomic E-state index is 12.0. The first-order valence-corrected chi connectivity index (χ1v) is 7.88. The van der Waals surface area contributed by atoms with E-state index in [1.165, 1.54) is 11.3 Å². The van der Waals surface area contributed by atoms with Gasteiger partial charge in [-0.25, -0.2) is 0 Å². The van der Waals surface area contributed by atoms with Gasteiger partial charge in [-0.15, -0.1) is 23.7 Å². The van der Waals surface area contributed by atoms with Crippen LogP contribution >= 0.6 is 23.7 Å². The van der Waals surface area contributed by atoms with Crippen LogP contribution in [0.3, 0.4) is 0 Å². The summed E-state index contributed by atoms with van der Waals surface area (Å²) >= 11 is 1.40. The first-order valence-electron chi connectivity index (χ1n) is 7.00. The Labute approximate surface area is 135 Å². The molecule has 2 heterocycles. The number of piperidine rings is 1. The van der Waals surface area contributed by atoms with E-state index >= 15 is 0 Å². The van der Waals surface area contributed by atoms with Gasteiger partial charge >= 0.3 is 0 Å². The summed E-state index contributed by atoms with van der Waals surface area (Å²) in [5.41, 5.74) is 5.63. The molecule has 0 aromatic carbocycles. The van der Waals surface area contributed by atoms with Crippen molar-refractivity contribution in [3.8, 4) is 0 Å². The van der Waals surface area contributed by atoms with Crippen molar-refractivity contribution in [3.63, 3.8) is 0 Å². The fourth-order valence-corrected chi connectivity index (χ4v) is 2.99. The minimum atomic E-state index is -0.102. The fraction of sp³-hybridized carbons (Fsp3) is 0.571. The molecule has 3 N–H and O–H groups in total. The number of carbonyl (C=O) groups is 2. The molecule has 0 atom stereocenters. The van der Waals surface area contributed by atoms with Crippen molar-refractivity contribution in [3.05, 3.63) is 22.4 Å². The molecule has 1 fully saturated rings. The number of halogens is 1. The predicted octanol–water partition coefficient (Wildman–Crippen LogP) is 1.49. The Morgan fingerprint density at radius 3 is 2.67 bits per heavy atom. The smallest absolute Gasteiger partial charge is 0.261 e. The van der Waals surface area contributed by atoms with Gasteiger partial charge in [0.15, 0.2) is 0 Å². The first-order chi connectivity index (χ1) is 9.70. The van der Waals surface area contributed by atoms with Gasteiger partial charge in [0.05, 0.1) is 4.88 Å². The van der Waals surface area contributed by atoms with E-state index in [1.807, 2.05) is 16.3 Å². The topological polar surface area (TPSA) is 75.4 Å². The molecule has 2 rings (SSSR count). The predicted molar refractivity (Wildman–Crippen MR) is 86.9 cm³/mol. The minimum Gasteiger partial charge on any atom is -0.351 e. The number of likely N-dealkylation sites (tertiary alicyclic amines) is 1. The van der Waals surface area contributed by atoms with Gasteiger partial charge in [0.2, 0.25) is 5.91 Å². The molecule has 0 radical (unpaired) electrons. The highest BCUT2D eigenvalue weighted by Gasteiger charge is 2.21. The van der Waals surface area contributed by atoms with Gasteiger partial charge in [-0.2, -0.15) is 0 Å². The van der Waals surface area contributed by atoms with Crippen molar-refractivity contribution in [1.29, 1.82) is 0 Å². The van der Waals surface area contributed by atoms with Crippen LogP contribution in [0.4, 0.5) is 0 Å². The molecule has 0 spiro atoms. The van der Waals surface area contributed by atoms with Crippen LogP contribution in [0.1, 0.15) is 28.9 Å². The van der Waals surface area contributed by atoms with Crippen LogP contribution in [-0.4, -0.2) is 42.9 Å². The van der Waals surface area contributed by atoms with Gasteiger partial charge in [0.1, 0.15) is 0 Å². The quantitative estimate of drug-likeness (QED) is 0.858. The van der Waals surface area contributed by atoms with Crippen LogP contribution in [0.2, 0.25) is 0 Å². The third kappa shape index (κ3) is 5.30. The second-order valence-corrected chi connectivity index (χ2v) is 5.99. The second-order valence-electron chi connectivity index (χ2n) is 5.04. The number of amides is 2. The van der Waals surface area contributed by atoms with E-state index < -0.39 is 0 Å². The summed E-state index contributed by atoms with van der Waals surface area (Å²) in [7, 11) is 0. The van der Waals surface area contributed by atoms with Crippen molar-refractivity contribution < 1.29 is 9.59 Å². The van der Waals surface area contributed by atoms with Gasteiger partial charge in [-0.3, -0.25) is 9.59 Å². The molecule has 118 valence electrons. The van der Waals surface area contributed by atoms with Gasteiger partial charge in [-0.05, 0) is 36.8 Å². The zero-order chi connectivity index (χ0) is 14.4. The van der Waals surface area contributed by atoms with Gasteiger partial charge in [0, 0.05) is 26.1 Å². The highest BCUT2D eigenvalue weighted by Crippen LogP contribution is 2.16. The number of nitrogens with two attached hydrogens (primary N) is 1. The molecule has 21 heavy (non-hydrogen) atoms. The van der Waals surface area contributed by atoms with E-state index in [0.29, 0.717) is 30.3 Å². The first kappa shape index (κ1) is 17.9. The Balaban J connectivity index is 0.00000220. The lowest BCUT2D eigenvalue weighted by atomic mass is 9.97. The molecule has 5 nitrogen and oxygen atoms in total. The Morgan fingerprint density at radius 2 is 2.10 bits per heavy atom. The average Bonchev–Trinajstić information content (AvgIpc) is 3.01. The minimum absolute atomic E-state index is 0. The van der Waals surface area contributed by atoms with Crippen LogP contribution in [0.5, 0.6) is 0 Å². The van der Waals surface area contributed by atoms with Gasteiger partial charge in [0.25, 0.3) is 5.91 Å². The standard InChI is InChI=1S/C14H21N3O2S.ClH/c15-10-11-4-7-17(8-5-11)13(18)3-6-16-14(19)12-2-1-9-20-12;/h1-2,9,11H,3-8,10,15H2,(H,16,19);1H. The Hall–Kier alpha value is -1.11. The summed E-state index contributed by atoms with van der Waals surface area (Å²) in [6.45, 7) is 2.68. The molecule has 1 aliphatic heterocycles. The lowest BCUT2D eigenvalue weighted by Gasteiger charge is -2.31. The van der Waals surface area contributed by atoms with Crippen LogP contribution in [0, 0.1) is 5.92 Å². The molecule has 0 aliphatic carbocycles. The fourth-order valence-electron chi connectivity index (χ4n) is 2.35. The maximum absolute atomic E-state index is 12.0. The third-order valence-corrected chi connectivity index (χ3v) is 4.54. The van der Waals surface area contributed by atoms with E-state index in [0.717, 1.165) is 25.9 Å². The summed E-state index contributed by atoms with van der Waals surface area (Å²) in [6.07, 6.45) is 2.35. The van der Waals surface area contributed by atoms with Crippen molar-refractivity contribution in [2.45, 2.75) is 19.3 Å².